The van der Waals surface area contributed by atoms with E-state index in [-0.39, 0.29) is 5.41 Å². The van der Waals surface area contributed by atoms with Gasteiger partial charge in [-0.05, 0) is 24.6 Å². The van der Waals surface area contributed by atoms with Crippen molar-refractivity contribution < 1.29 is 4.74 Å². The lowest BCUT2D eigenvalue weighted by atomic mass is 9.57. The average Bonchev–Trinajstić information content (AvgIpc) is 2.83. The predicted octanol–water partition coefficient (Wildman–Crippen LogP) is 3.44. The molecule has 1 saturated heterocycles. The summed E-state index contributed by atoms with van der Waals surface area (Å²) in [5, 5.41) is 13.3. The van der Waals surface area contributed by atoms with Crippen LogP contribution in [0.2, 0.25) is 5.02 Å². The van der Waals surface area contributed by atoms with Gasteiger partial charge in [-0.15, -0.1) is 0 Å². The van der Waals surface area contributed by atoms with Crippen LogP contribution in [0.25, 0.3) is 0 Å². The second-order valence-electron chi connectivity index (χ2n) is 5.99. The summed E-state index contributed by atoms with van der Waals surface area (Å²) in [4.78, 5) is 0. The van der Waals surface area contributed by atoms with Crippen LogP contribution in [0.4, 0.5) is 5.69 Å². The predicted molar refractivity (Wildman–Crippen MR) is 75.2 cm³/mol. The van der Waals surface area contributed by atoms with Crippen molar-refractivity contribution in [1.82, 2.24) is 0 Å². The minimum absolute atomic E-state index is 0.0935. The van der Waals surface area contributed by atoms with Crippen LogP contribution in [-0.4, -0.2) is 18.8 Å². The van der Waals surface area contributed by atoms with Crippen molar-refractivity contribution in [1.29, 1.82) is 5.26 Å². The summed E-state index contributed by atoms with van der Waals surface area (Å²) < 4.78 is 5.78. The standard InChI is InChI=1S/C15H17ClN2O/c1-15(2)13(11-5-6-19-14(11)15)18-12-7-10(16)4-3-9(12)8-17/h3-4,7,11,13-14,18H,5-6H2,1-2H3. The van der Waals surface area contributed by atoms with E-state index in [0.29, 0.717) is 28.6 Å². The van der Waals surface area contributed by atoms with E-state index in [0.717, 1.165) is 18.7 Å². The van der Waals surface area contributed by atoms with Gasteiger partial charge < -0.3 is 10.1 Å². The number of nitrogens with zero attached hydrogens (tertiary/aromatic N) is 1. The van der Waals surface area contributed by atoms with E-state index in [4.69, 9.17) is 16.3 Å². The van der Waals surface area contributed by atoms with Crippen LogP contribution in [0.5, 0.6) is 0 Å². The van der Waals surface area contributed by atoms with E-state index < -0.39 is 0 Å². The molecule has 1 heterocycles. The molecule has 1 aromatic carbocycles. The van der Waals surface area contributed by atoms with Gasteiger partial charge in [0.15, 0.2) is 0 Å². The molecule has 0 radical (unpaired) electrons. The average molecular weight is 277 g/mol. The van der Waals surface area contributed by atoms with Gasteiger partial charge in [-0.2, -0.15) is 5.26 Å². The third-order valence-electron chi connectivity index (χ3n) is 4.51. The van der Waals surface area contributed by atoms with Crippen LogP contribution in [-0.2, 0) is 4.74 Å². The number of anilines is 1. The van der Waals surface area contributed by atoms with Crippen LogP contribution < -0.4 is 5.32 Å². The largest absolute Gasteiger partial charge is 0.380 e. The quantitative estimate of drug-likeness (QED) is 0.900. The first-order valence-corrected chi connectivity index (χ1v) is 6.99. The van der Waals surface area contributed by atoms with Gasteiger partial charge in [-0.1, -0.05) is 25.4 Å². The number of nitrogens with one attached hydrogen (secondary N) is 1. The molecule has 3 atom stereocenters. The molecule has 1 N–H and O–H groups in total. The highest BCUT2D eigenvalue weighted by Gasteiger charge is 2.59. The summed E-state index contributed by atoms with van der Waals surface area (Å²) >= 11 is 6.03. The van der Waals surface area contributed by atoms with Gasteiger partial charge >= 0.3 is 0 Å². The fourth-order valence-corrected chi connectivity index (χ4v) is 3.69. The Kier molecular flexibility index (Phi) is 2.96. The molecule has 3 nitrogen and oxygen atoms in total. The zero-order valence-electron chi connectivity index (χ0n) is 11.1. The minimum Gasteiger partial charge on any atom is -0.380 e. The fourth-order valence-electron chi connectivity index (χ4n) is 3.52. The number of nitriles is 1. The highest BCUT2D eigenvalue weighted by atomic mass is 35.5. The number of hydrogen-bond donors (Lipinski definition) is 1. The van der Waals surface area contributed by atoms with Gasteiger partial charge in [0.05, 0.1) is 17.4 Å². The molecular formula is C15H17ClN2O. The third-order valence-corrected chi connectivity index (χ3v) is 4.75. The second kappa shape index (κ2) is 4.40. The van der Waals surface area contributed by atoms with Gasteiger partial charge in [-0.25, -0.2) is 0 Å². The maximum atomic E-state index is 9.17. The lowest BCUT2D eigenvalue weighted by molar-refractivity contribution is -0.0923. The van der Waals surface area contributed by atoms with Crippen molar-refractivity contribution >= 4 is 17.3 Å². The normalized spacial score (nSPS) is 31.2. The van der Waals surface area contributed by atoms with Gasteiger partial charge in [0.25, 0.3) is 0 Å². The zero-order valence-corrected chi connectivity index (χ0v) is 11.9. The van der Waals surface area contributed by atoms with Gasteiger partial charge in [0.1, 0.15) is 6.07 Å². The van der Waals surface area contributed by atoms with E-state index in [1.807, 2.05) is 6.07 Å². The van der Waals surface area contributed by atoms with Crippen LogP contribution in [0, 0.1) is 22.7 Å². The van der Waals surface area contributed by atoms with Gasteiger partial charge in [0.2, 0.25) is 0 Å². The monoisotopic (exact) mass is 276 g/mol. The van der Waals surface area contributed by atoms with Gasteiger partial charge in [-0.3, -0.25) is 0 Å². The summed E-state index contributed by atoms with van der Waals surface area (Å²) in [6.07, 6.45) is 1.43. The van der Waals surface area contributed by atoms with Crippen molar-refractivity contribution in [3.8, 4) is 6.07 Å². The first kappa shape index (κ1) is 12.8. The molecule has 1 saturated carbocycles. The first-order valence-electron chi connectivity index (χ1n) is 6.62. The lowest BCUT2D eigenvalue weighted by Crippen LogP contribution is -2.63. The van der Waals surface area contributed by atoms with Crippen LogP contribution in [0.15, 0.2) is 18.2 Å². The van der Waals surface area contributed by atoms with Crippen LogP contribution in [0.1, 0.15) is 25.8 Å². The second-order valence-corrected chi connectivity index (χ2v) is 6.43. The highest BCUT2D eigenvalue weighted by molar-refractivity contribution is 6.30. The summed E-state index contributed by atoms with van der Waals surface area (Å²) in [5.74, 6) is 0.542. The molecule has 3 unspecified atom stereocenters. The number of rotatable bonds is 2. The minimum atomic E-state index is 0.0935. The topological polar surface area (TPSA) is 45.0 Å². The molecular weight excluding hydrogens is 260 g/mol. The van der Waals surface area contributed by atoms with Crippen molar-refractivity contribution in [2.45, 2.75) is 32.4 Å². The SMILES string of the molecule is CC1(C)C(Nc2cc(Cl)ccc2C#N)C2CCOC21. The first-order chi connectivity index (χ1) is 9.04. The van der Waals surface area contributed by atoms with Crippen molar-refractivity contribution in [2.75, 3.05) is 11.9 Å². The summed E-state index contributed by atoms with van der Waals surface area (Å²) in [6, 6.07) is 7.89. The number of hydrogen-bond acceptors (Lipinski definition) is 3. The Balaban J connectivity index is 1.86. The molecule has 0 spiro atoms. The number of ether oxygens (including phenoxy) is 1. The summed E-state index contributed by atoms with van der Waals surface area (Å²) in [7, 11) is 0. The van der Waals surface area contributed by atoms with E-state index in [9.17, 15) is 5.26 Å². The lowest BCUT2D eigenvalue weighted by Gasteiger charge is -2.55. The van der Waals surface area contributed by atoms with E-state index in [2.05, 4.69) is 25.2 Å². The Labute approximate surface area is 118 Å². The Morgan fingerprint density at radius 1 is 1.47 bits per heavy atom. The molecule has 1 aromatic rings. The molecule has 19 heavy (non-hydrogen) atoms. The molecule has 4 heteroatoms. The molecule has 1 aliphatic heterocycles. The molecule has 3 rings (SSSR count). The maximum absolute atomic E-state index is 9.17. The molecule has 2 aliphatic rings. The molecule has 0 bridgehead atoms. The maximum Gasteiger partial charge on any atom is 0.101 e. The molecule has 1 aliphatic carbocycles. The van der Waals surface area contributed by atoms with Crippen molar-refractivity contribution in [3.05, 3.63) is 28.8 Å². The Hall–Kier alpha value is -1.24. The Bertz CT molecular complexity index is 550. The van der Waals surface area contributed by atoms with E-state index in [1.165, 1.54) is 0 Å². The molecule has 100 valence electrons. The number of halogens is 1. The Morgan fingerprint density at radius 2 is 2.26 bits per heavy atom. The van der Waals surface area contributed by atoms with Crippen molar-refractivity contribution in [3.63, 3.8) is 0 Å². The Morgan fingerprint density at radius 3 is 3.00 bits per heavy atom. The molecule has 0 aromatic heterocycles. The third kappa shape index (κ3) is 1.91. The fraction of sp³-hybridized carbons (Fsp3) is 0.533. The van der Waals surface area contributed by atoms with Crippen LogP contribution >= 0.6 is 11.6 Å². The summed E-state index contributed by atoms with van der Waals surface area (Å²) in [6.45, 7) is 5.28. The highest BCUT2D eigenvalue weighted by Crippen LogP contribution is 2.53. The van der Waals surface area contributed by atoms with E-state index in [1.54, 1.807) is 12.1 Å². The van der Waals surface area contributed by atoms with Gasteiger partial charge in [0, 0.05) is 29.0 Å². The van der Waals surface area contributed by atoms with E-state index >= 15 is 0 Å². The molecule has 2 fully saturated rings. The van der Waals surface area contributed by atoms with Crippen LogP contribution in [0.3, 0.4) is 0 Å². The summed E-state index contributed by atoms with van der Waals surface area (Å²) in [5.41, 5.74) is 1.57. The number of benzene rings is 1. The molecule has 0 amide bonds. The smallest absolute Gasteiger partial charge is 0.101 e. The number of fused-ring (bicyclic) bond motifs is 1. The van der Waals surface area contributed by atoms with Crippen molar-refractivity contribution in [2.24, 2.45) is 11.3 Å². The zero-order chi connectivity index (χ0) is 13.6.